The molecule has 1 unspecified atom stereocenters. The number of anilines is 2. The van der Waals surface area contributed by atoms with Crippen LogP contribution in [0.15, 0.2) is 42.5 Å². The molecule has 1 N–H and O–H groups in total. The van der Waals surface area contributed by atoms with E-state index in [4.69, 9.17) is 14.2 Å². The number of fused-ring (bicyclic) bond motifs is 1. The van der Waals surface area contributed by atoms with Crippen LogP contribution in [0.1, 0.15) is 6.42 Å². The fourth-order valence-electron chi connectivity index (χ4n) is 3.66. The normalized spacial score (nSPS) is 16.9. The minimum absolute atomic E-state index is 0.0950. The predicted molar refractivity (Wildman–Crippen MR) is 112 cm³/mol. The van der Waals surface area contributed by atoms with Crippen LogP contribution in [0.5, 0.6) is 17.2 Å². The molecule has 0 bridgehead atoms. The summed E-state index contributed by atoms with van der Waals surface area (Å²) in [6.07, 6.45) is 0.0950. The number of benzene rings is 2. The van der Waals surface area contributed by atoms with E-state index in [1.54, 1.807) is 61.5 Å². The number of carbonyl (C=O) groups is 3. The molecule has 0 aliphatic carbocycles. The van der Waals surface area contributed by atoms with Gasteiger partial charge in [0, 0.05) is 37.5 Å². The Morgan fingerprint density at radius 2 is 1.90 bits per heavy atom. The summed E-state index contributed by atoms with van der Waals surface area (Å²) in [6.45, 7) is 0.290. The van der Waals surface area contributed by atoms with E-state index in [9.17, 15) is 14.4 Å². The maximum atomic E-state index is 12.8. The molecule has 2 heterocycles. The molecule has 9 nitrogen and oxygen atoms in total. The number of ether oxygens (including phenoxy) is 3. The van der Waals surface area contributed by atoms with E-state index >= 15 is 0 Å². The van der Waals surface area contributed by atoms with E-state index in [0.717, 1.165) is 0 Å². The van der Waals surface area contributed by atoms with Gasteiger partial charge in [-0.3, -0.25) is 14.4 Å². The average molecular weight is 425 g/mol. The van der Waals surface area contributed by atoms with Crippen molar-refractivity contribution in [2.45, 2.75) is 6.42 Å². The highest BCUT2D eigenvalue weighted by Crippen LogP contribution is 2.37. The van der Waals surface area contributed by atoms with Crippen molar-refractivity contribution in [2.24, 2.45) is 5.92 Å². The van der Waals surface area contributed by atoms with Crippen LogP contribution in [0.2, 0.25) is 0 Å². The highest BCUT2D eigenvalue weighted by atomic mass is 16.7. The summed E-state index contributed by atoms with van der Waals surface area (Å²) in [5.74, 6) is 0.658. The fraction of sp³-hybridized carbons (Fsp3) is 0.318. The number of amides is 3. The molecule has 2 aliphatic rings. The van der Waals surface area contributed by atoms with Gasteiger partial charge in [-0.1, -0.05) is 0 Å². The van der Waals surface area contributed by atoms with Gasteiger partial charge in [0.2, 0.25) is 24.5 Å². The van der Waals surface area contributed by atoms with Crippen LogP contribution in [0, 0.1) is 5.92 Å². The zero-order valence-corrected chi connectivity index (χ0v) is 17.3. The molecular formula is C22H23N3O6. The third kappa shape index (κ3) is 4.40. The third-order valence-corrected chi connectivity index (χ3v) is 5.27. The first-order valence-corrected chi connectivity index (χ1v) is 9.83. The van der Waals surface area contributed by atoms with Crippen molar-refractivity contribution >= 4 is 29.1 Å². The van der Waals surface area contributed by atoms with Crippen molar-refractivity contribution in [3.8, 4) is 17.2 Å². The Labute approximate surface area is 179 Å². The Morgan fingerprint density at radius 3 is 2.65 bits per heavy atom. The van der Waals surface area contributed by atoms with Gasteiger partial charge in [-0.25, -0.2) is 0 Å². The van der Waals surface area contributed by atoms with Gasteiger partial charge < -0.3 is 29.3 Å². The second kappa shape index (κ2) is 8.55. The molecule has 1 saturated heterocycles. The molecule has 1 fully saturated rings. The van der Waals surface area contributed by atoms with Crippen LogP contribution in [0.25, 0.3) is 0 Å². The van der Waals surface area contributed by atoms with Crippen molar-refractivity contribution in [3.05, 3.63) is 42.5 Å². The Bertz CT molecular complexity index is 1010. The first-order chi connectivity index (χ1) is 14.9. The standard InChI is InChI=1S/C22H23N3O6/c1-24(12-20(26)23-15-3-6-17(29-2)7-4-15)22(28)14-9-21(27)25(11-14)16-5-8-18-19(10-16)31-13-30-18/h3-8,10,14H,9,11-13H2,1-2H3,(H,23,26). The summed E-state index contributed by atoms with van der Waals surface area (Å²) in [6, 6.07) is 12.2. The van der Waals surface area contributed by atoms with Gasteiger partial charge in [0.15, 0.2) is 11.5 Å². The molecule has 0 radical (unpaired) electrons. The first-order valence-electron chi connectivity index (χ1n) is 9.83. The van der Waals surface area contributed by atoms with Gasteiger partial charge in [-0.05, 0) is 36.4 Å². The average Bonchev–Trinajstić information content (AvgIpc) is 3.39. The molecule has 2 aliphatic heterocycles. The van der Waals surface area contributed by atoms with Crippen LogP contribution in [-0.2, 0) is 14.4 Å². The topological polar surface area (TPSA) is 97.4 Å². The van der Waals surface area contributed by atoms with Gasteiger partial charge in [-0.2, -0.15) is 0 Å². The molecule has 0 aromatic heterocycles. The zero-order valence-electron chi connectivity index (χ0n) is 17.3. The smallest absolute Gasteiger partial charge is 0.243 e. The van der Waals surface area contributed by atoms with Crippen LogP contribution >= 0.6 is 0 Å². The van der Waals surface area contributed by atoms with Gasteiger partial charge in [0.1, 0.15) is 5.75 Å². The Hall–Kier alpha value is -3.75. The summed E-state index contributed by atoms with van der Waals surface area (Å²) in [5.41, 5.74) is 1.26. The minimum atomic E-state index is -0.517. The fourth-order valence-corrected chi connectivity index (χ4v) is 3.66. The van der Waals surface area contributed by atoms with Crippen molar-refractivity contribution in [2.75, 3.05) is 44.3 Å². The number of likely N-dealkylation sites (N-methyl/N-ethyl adjacent to an activating group) is 1. The molecule has 0 spiro atoms. The summed E-state index contributed by atoms with van der Waals surface area (Å²) in [5, 5.41) is 2.75. The molecule has 9 heteroatoms. The Kier molecular flexibility index (Phi) is 5.66. The SMILES string of the molecule is COc1ccc(NC(=O)CN(C)C(=O)C2CC(=O)N(c3ccc4c(c3)OCO4)C2)cc1. The lowest BCUT2D eigenvalue weighted by atomic mass is 10.1. The minimum Gasteiger partial charge on any atom is -0.497 e. The lowest BCUT2D eigenvalue weighted by molar-refractivity contribution is -0.137. The van der Waals surface area contributed by atoms with Gasteiger partial charge in [0.25, 0.3) is 0 Å². The van der Waals surface area contributed by atoms with E-state index in [-0.39, 0.29) is 44.0 Å². The second-order valence-electron chi connectivity index (χ2n) is 7.41. The lowest BCUT2D eigenvalue weighted by Crippen LogP contribution is -2.39. The van der Waals surface area contributed by atoms with E-state index in [1.807, 2.05) is 0 Å². The van der Waals surface area contributed by atoms with Crippen LogP contribution < -0.4 is 24.4 Å². The van der Waals surface area contributed by atoms with Gasteiger partial charge >= 0.3 is 0 Å². The zero-order chi connectivity index (χ0) is 22.0. The number of carbonyl (C=O) groups excluding carboxylic acids is 3. The second-order valence-corrected chi connectivity index (χ2v) is 7.41. The van der Waals surface area contributed by atoms with Crippen LogP contribution in [0.3, 0.4) is 0 Å². The van der Waals surface area contributed by atoms with Crippen molar-refractivity contribution < 1.29 is 28.6 Å². The van der Waals surface area contributed by atoms with Crippen molar-refractivity contribution in [3.63, 3.8) is 0 Å². The molecule has 2 aromatic carbocycles. The van der Waals surface area contributed by atoms with Crippen LogP contribution in [0.4, 0.5) is 11.4 Å². The maximum Gasteiger partial charge on any atom is 0.243 e. The Balaban J connectivity index is 1.34. The largest absolute Gasteiger partial charge is 0.497 e. The highest BCUT2D eigenvalue weighted by Gasteiger charge is 2.37. The predicted octanol–water partition coefficient (Wildman–Crippen LogP) is 1.87. The molecule has 162 valence electrons. The van der Waals surface area contributed by atoms with E-state index < -0.39 is 5.92 Å². The number of nitrogens with one attached hydrogen (secondary N) is 1. The molecule has 2 aromatic rings. The number of methoxy groups -OCH3 is 1. The molecule has 0 saturated carbocycles. The molecular weight excluding hydrogens is 402 g/mol. The van der Waals surface area contributed by atoms with Crippen LogP contribution in [-0.4, -0.2) is 56.7 Å². The summed E-state index contributed by atoms with van der Waals surface area (Å²) in [4.78, 5) is 40.6. The number of hydrogen-bond acceptors (Lipinski definition) is 6. The summed E-state index contributed by atoms with van der Waals surface area (Å²) >= 11 is 0. The first kappa shape index (κ1) is 20.5. The van der Waals surface area contributed by atoms with Gasteiger partial charge in [0.05, 0.1) is 19.6 Å². The summed E-state index contributed by atoms with van der Waals surface area (Å²) in [7, 11) is 3.12. The van der Waals surface area contributed by atoms with Crippen molar-refractivity contribution in [1.29, 1.82) is 0 Å². The number of nitrogens with zero attached hydrogens (tertiary/aromatic N) is 2. The Morgan fingerprint density at radius 1 is 1.16 bits per heavy atom. The number of rotatable bonds is 6. The van der Waals surface area contributed by atoms with E-state index in [2.05, 4.69) is 5.32 Å². The molecule has 1 atom stereocenters. The highest BCUT2D eigenvalue weighted by molar-refractivity contribution is 6.01. The number of hydrogen-bond donors (Lipinski definition) is 1. The molecule has 3 amide bonds. The summed E-state index contributed by atoms with van der Waals surface area (Å²) < 4.78 is 15.7. The third-order valence-electron chi connectivity index (χ3n) is 5.27. The van der Waals surface area contributed by atoms with Crippen molar-refractivity contribution in [1.82, 2.24) is 4.90 Å². The quantitative estimate of drug-likeness (QED) is 0.759. The molecule has 4 rings (SSSR count). The maximum absolute atomic E-state index is 12.8. The van der Waals surface area contributed by atoms with E-state index in [1.165, 1.54) is 4.90 Å². The van der Waals surface area contributed by atoms with E-state index in [0.29, 0.717) is 28.6 Å². The molecule has 31 heavy (non-hydrogen) atoms. The lowest BCUT2D eigenvalue weighted by Gasteiger charge is -2.21. The monoisotopic (exact) mass is 425 g/mol. The van der Waals surface area contributed by atoms with Gasteiger partial charge in [-0.15, -0.1) is 0 Å².